The summed E-state index contributed by atoms with van der Waals surface area (Å²) in [7, 11) is 0. The van der Waals surface area contributed by atoms with Crippen molar-refractivity contribution in [1.29, 1.82) is 0 Å². The molecule has 0 radical (unpaired) electrons. The van der Waals surface area contributed by atoms with Crippen molar-refractivity contribution in [3.8, 4) is 0 Å². The number of halogens is 2. The summed E-state index contributed by atoms with van der Waals surface area (Å²) >= 11 is 0. The number of benzene rings is 1. The molecule has 3 aliphatic carbocycles. The second-order valence-corrected chi connectivity index (χ2v) is 7.44. The Hall–Kier alpha value is -2.47. The molecule has 2 bridgehead atoms. The molecule has 1 aromatic rings. The monoisotopic (exact) mass is 359 g/mol. The molecule has 3 atom stereocenters. The van der Waals surface area contributed by atoms with Crippen molar-refractivity contribution < 1.29 is 13.6 Å². The molecule has 0 spiro atoms. The van der Waals surface area contributed by atoms with Crippen LogP contribution in [-0.4, -0.2) is 23.7 Å². The maximum absolute atomic E-state index is 13.6. The van der Waals surface area contributed by atoms with E-state index >= 15 is 0 Å². The Morgan fingerprint density at radius 1 is 1.23 bits per heavy atom. The van der Waals surface area contributed by atoms with Crippen LogP contribution in [0, 0.1) is 35.3 Å². The minimum atomic E-state index is -0.659. The third-order valence-corrected chi connectivity index (χ3v) is 6.03. The van der Waals surface area contributed by atoms with Crippen LogP contribution < -0.4 is 0 Å². The smallest absolute Gasteiger partial charge is 0.246 e. The van der Waals surface area contributed by atoms with Crippen molar-refractivity contribution in [2.45, 2.75) is 31.7 Å². The van der Waals surface area contributed by atoms with Gasteiger partial charge in [0, 0.05) is 36.1 Å². The summed E-state index contributed by atoms with van der Waals surface area (Å²) in [5.41, 5.74) is 8.97. The normalized spacial score (nSPS) is 32.1. The fourth-order valence-electron chi connectivity index (χ4n) is 4.64. The van der Waals surface area contributed by atoms with Crippen LogP contribution in [0.15, 0.2) is 28.4 Å². The molecular weight excluding hydrogens is 340 g/mol. The average Bonchev–Trinajstić information content (AvgIpc) is 3.07. The van der Waals surface area contributed by atoms with Crippen molar-refractivity contribution >= 4 is 12.1 Å². The lowest BCUT2D eigenvalue weighted by Crippen LogP contribution is -2.49. The number of nitrogens with zero attached hydrogens (tertiary/aromatic N) is 5. The van der Waals surface area contributed by atoms with E-state index in [9.17, 15) is 13.6 Å². The van der Waals surface area contributed by atoms with Gasteiger partial charge in [0.05, 0.1) is 6.04 Å². The van der Waals surface area contributed by atoms with Gasteiger partial charge >= 0.3 is 0 Å². The molecule has 3 fully saturated rings. The predicted octanol–water partition coefficient (Wildman–Crippen LogP) is 4.20. The largest absolute Gasteiger partial charge is 0.273 e. The van der Waals surface area contributed by atoms with E-state index in [2.05, 4.69) is 15.1 Å². The van der Waals surface area contributed by atoms with Gasteiger partial charge in [-0.3, -0.25) is 4.79 Å². The van der Waals surface area contributed by atoms with Gasteiger partial charge in [0.15, 0.2) is 0 Å². The second kappa shape index (κ2) is 6.68. The first kappa shape index (κ1) is 17.0. The number of rotatable bonds is 4. The summed E-state index contributed by atoms with van der Waals surface area (Å²) in [6, 6.07) is 2.86. The Labute approximate surface area is 149 Å². The van der Waals surface area contributed by atoms with Crippen LogP contribution in [0.25, 0.3) is 10.4 Å². The van der Waals surface area contributed by atoms with Crippen LogP contribution >= 0.6 is 0 Å². The SMILES string of the molecule is [N-]=[N+]=NC[C@@H]1C[C@H](C(=O)N2N=CCC2c2cc(F)cc(F)c2)C2CC1C2. The molecule has 0 N–H and O–H groups in total. The summed E-state index contributed by atoms with van der Waals surface area (Å²) < 4.78 is 27.2. The van der Waals surface area contributed by atoms with Gasteiger partial charge in [0.2, 0.25) is 5.91 Å². The van der Waals surface area contributed by atoms with Gasteiger partial charge < -0.3 is 0 Å². The van der Waals surface area contributed by atoms with Crippen LogP contribution in [0.1, 0.15) is 37.3 Å². The highest BCUT2D eigenvalue weighted by Gasteiger charge is 2.50. The van der Waals surface area contributed by atoms with Crippen LogP contribution in [0.3, 0.4) is 0 Å². The van der Waals surface area contributed by atoms with Crippen molar-refractivity contribution in [1.82, 2.24) is 5.01 Å². The molecular formula is C18H19F2N5O. The Morgan fingerprint density at radius 2 is 1.96 bits per heavy atom. The number of amides is 1. The lowest BCUT2D eigenvalue weighted by Gasteiger charge is -2.51. The van der Waals surface area contributed by atoms with E-state index in [-0.39, 0.29) is 17.7 Å². The number of fused-ring (bicyclic) bond motifs is 2. The Bertz CT molecular complexity index is 781. The van der Waals surface area contributed by atoms with Crippen LogP contribution in [0.5, 0.6) is 0 Å². The van der Waals surface area contributed by atoms with Crippen LogP contribution in [0.2, 0.25) is 0 Å². The third-order valence-electron chi connectivity index (χ3n) is 6.03. The molecule has 1 aromatic carbocycles. The van der Waals surface area contributed by atoms with E-state index in [1.807, 2.05) is 0 Å². The first-order chi connectivity index (χ1) is 12.6. The number of carbonyl (C=O) groups is 1. The van der Waals surface area contributed by atoms with Gasteiger partial charge in [-0.2, -0.15) is 5.10 Å². The minimum Gasteiger partial charge on any atom is -0.273 e. The fraction of sp³-hybridized carbons (Fsp3) is 0.556. The Balaban J connectivity index is 1.53. The van der Waals surface area contributed by atoms with E-state index in [0.29, 0.717) is 36.8 Å². The fourth-order valence-corrected chi connectivity index (χ4v) is 4.64. The van der Waals surface area contributed by atoms with Gasteiger partial charge in [0.25, 0.3) is 0 Å². The lowest BCUT2D eigenvalue weighted by atomic mass is 9.55. The highest BCUT2D eigenvalue weighted by atomic mass is 19.1. The number of azide groups is 1. The molecule has 1 amide bonds. The molecule has 136 valence electrons. The molecule has 4 aliphatic rings. The minimum absolute atomic E-state index is 0.0949. The summed E-state index contributed by atoms with van der Waals surface area (Å²) in [5.74, 6) is -0.499. The summed E-state index contributed by atoms with van der Waals surface area (Å²) in [5, 5.41) is 9.28. The molecule has 6 nitrogen and oxygen atoms in total. The van der Waals surface area contributed by atoms with Gasteiger partial charge in [-0.1, -0.05) is 5.11 Å². The number of hydrogen-bond donors (Lipinski definition) is 0. The first-order valence-electron chi connectivity index (χ1n) is 8.89. The predicted molar refractivity (Wildman–Crippen MR) is 90.9 cm³/mol. The van der Waals surface area contributed by atoms with Crippen LogP contribution in [0.4, 0.5) is 8.78 Å². The van der Waals surface area contributed by atoms with Crippen molar-refractivity contribution in [3.63, 3.8) is 0 Å². The molecule has 8 heteroatoms. The summed E-state index contributed by atoms with van der Waals surface area (Å²) in [6.07, 6.45) is 4.69. The lowest BCUT2D eigenvalue weighted by molar-refractivity contribution is -0.147. The number of hydrazone groups is 1. The van der Waals surface area contributed by atoms with Gasteiger partial charge in [0.1, 0.15) is 11.6 Å². The Kier molecular flexibility index (Phi) is 4.36. The van der Waals surface area contributed by atoms with E-state index < -0.39 is 17.7 Å². The topological polar surface area (TPSA) is 81.4 Å². The third kappa shape index (κ3) is 2.94. The highest BCUT2D eigenvalue weighted by molar-refractivity contribution is 5.82. The number of hydrogen-bond acceptors (Lipinski definition) is 3. The van der Waals surface area contributed by atoms with Gasteiger partial charge in [-0.15, -0.1) is 0 Å². The van der Waals surface area contributed by atoms with Gasteiger partial charge in [-0.05, 0) is 60.2 Å². The maximum Gasteiger partial charge on any atom is 0.246 e. The van der Waals surface area contributed by atoms with E-state index in [1.165, 1.54) is 17.1 Å². The van der Waals surface area contributed by atoms with E-state index in [1.54, 1.807) is 6.21 Å². The number of carbonyl (C=O) groups excluding carboxylic acids is 1. The zero-order chi connectivity index (χ0) is 18.3. The van der Waals surface area contributed by atoms with E-state index in [0.717, 1.165) is 18.9 Å². The molecule has 5 rings (SSSR count). The standard InChI is InChI=1S/C18H19F2N5O/c19-14-5-12(6-15(20)8-14)17-1-2-23-25(17)18(26)16-7-13(9-22-24-21)10-3-11(16)4-10/h2,5-6,8,10-11,13,16-17H,1,3-4,7,9H2/t10?,11?,13-,16-,17?/m0/s1. The molecule has 0 aromatic heterocycles. The van der Waals surface area contributed by atoms with Gasteiger partial charge in [-0.25, -0.2) is 13.8 Å². The molecule has 1 unspecified atom stereocenters. The van der Waals surface area contributed by atoms with Crippen molar-refractivity contribution in [2.24, 2.45) is 33.9 Å². The van der Waals surface area contributed by atoms with Crippen molar-refractivity contribution in [3.05, 3.63) is 45.8 Å². The first-order valence-corrected chi connectivity index (χ1v) is 8.89. The van der Waals surface area contributed by atoms with Crippen LogP contribution in [-0.2, 0) is 4.79 Å². The molecule has 1 aliphatic heterocycles. The molecule has 3 saturated carbocycles. The molecule has 0 saturated heterocycles. The maximum atomic E-state index is 13.6. The van der Waals surface area contributed by atoms with E-state index in [4.69, 9.17) is 5.53 Å². The highest BCUT2D eigenvalue weighted by Crippen LogP contribution is 2.53. The average molecular weight is 359 g/mol. The summed E-state index contributed by atoms with van der Waals surface area (Å²) in [6.45, 7) is 0.416. The quantitative estimate of drug-likeness (QED) is 0.451. The second-order valence-electron chi connectivity index (χ2n) is 7.44. The molecule has 1 heterocycles. The zero-order valence-electron chi connectivity index (χ0n) is 14.1. The Morgan fingerprint density at radius 3 is 2.65 bits per heavy atom. The summed E-state index contributed by atoms with van der Waals surface area (Å²) in [4.78, 5) is 16.0. The zero-order valence-corrected chi connectivity index (χ0v) is 14.1. The van der Waals surface area contributed by atoms with Crippen molar-refractivity contribution in [2.75, 3.05) is 6.54 Å². The molecule has 26 heavy (non-hydrogen) atoms.